The van der Waals surface area contributed by atoms with Gasteiger partial charge in [0.1, 0.15) is 0 Å². The third-order valence-corrected chi connectivity index (χ3v) is 3.15. The quantitative estimate of drug-likeness (QED) is 0.684. The predicted octanol–water partition coefficient (Wildman–Crippen LogP) is 1.93. The van der Waals surface area contributed by atoms with Gasteiger partial charge in [0.15, 0.2) is 0 Å². The van der Waals surface area contributed by atoms with Crippen molar-refractivity contribution < 1.29 is 14.3 Å². The zero-order chi connectivity index (χ0) is 9.24. The minimum absolute atomic E-state index is 0.392. The van der Waals surface area contributed by atoms with Gasteiger partial charge in [0, 0.05) is 0 Å². The van der Waals surface area contributed by atoms with Crippen LogP contribution in [0.25, 0.3) is 0 Å². The summed E-state index contributed by atoms with van der Waals surface area (Å²) >= 11 is 4.44. The Hall–Kier alpha value is 0.530. The minimum atomic E-state index is -3.47. The van der Waals surface area contributed by atoms with Gasteiger partial charge >= 0.3 is 6.72 Å². The lowest BCUT2D eigenvalue weighted by Gasteiger charge is -2.34. The van der Waals surface area contributed by atoms with E-state index in [0.29, 0.717) is 0 Å². The van der Waals surface area contributed by atoms with Crippen LogP contribution in [-0.4, -0.2) is 15.4 Å². The molecule has 0 unspecified atom stereocenters. The summed E-state index contributed by atoms with van der Waals surface area (Å²) < 4.78 is 5.10. The van der Waals surface area contributed by atoms with Crippen LogP contribution in [0.15, 0.2) is 0 Å². The summed E-state index contributed by atoms with van der Waals surface area (Å²) in [5, 5.41) is 0. The van der Waals surface area contributed by atoms with Gasteiger partial charge in [0.25, 0.3) is 0 Å². The smallest absolute Gasteiger partial charge is 0.322 e. The summed E-state index contributed by atoms with van der Waals surface area (Å²) in [6.45, 7) is -1.56. The van der Waals surface area contributed by atoms with Crippen molar-refractivity contribution in [1.29, 1.82) is 0 Å². The molecule has 0 aromatic rings. The van der Waals surface area contributed by atoms with Crippen LogP contribution in [0, 0.1) is 0 Å². The average molecular weight is 210 g/mol. The Morgan fingerprint density at radius 3 is 2.17 bits per heavy atom. The van der Waals surface area contributed by atoms with Gasteiger partial charge in [-0.05, 0) is 31.6 Å². The molecule has 12 heavy (non-hydrogen) atoms. The predicted molar refractivity (Wildman–Crippen MR) is 51.3 cm³/mol. The molecule has 5 heteroatoms. The largest absolute Gasteiger partial charge is 0.325 e. The fourth-order valence-corrected chi connectivity index (χ4v) is 2.97. The van der Waals surface area contributed by atoms with E-state index < -0.39 is 12.3 Å². The molecule has 0 atom stereocenters. The molecule has 2 N–H and O–H groups in total. The molecule has 1 fully saturated rings. The molecule has 0 aliphatic heterocycles. The molecule has 0 aromatic carbocycles. The molecule has 0 heterocycles. The van der Waals surface area contributed by atoms with E-state index in [1.54, 1.807) is 0 Å². The lowest BCUT2D eigenvalue weighted by atomic mass is 9.87. The molecule has 0 aromatic heterocycles. The summed E-state index contributed by atoms with van der Waals surface area (Å²) in [5.41, 5.74) is -0.392. The van der Waals surface area contributed by atoms with Gasteiger partial charge in [-0.1, -0.05) is 19.3 Å². The van der Waals surface area contributed by atoms with E-state index in [2.05, 4.69) is 11.8 Å². The first-order chi connectivity index (χ1) is 5.41. The second-order valence-electron chi connectivity index (χ2n) is 3.59. The van der Waals surface area contributed by atoms with Gasteiger partial charge in [-0.15, -0.1) is 0 Å². The SMILES string of the molecule is CC1(OP(O)(O)=S)CCCCC1. The average Bonchev–Trinajstić information content (AvgIpc) is 1.83. The van der Waals surface area contributed by atoms with Gasteiger partial charge in [-0.2, -0.15) is 0 Å². The topological polar surface area (TPSA) is 49.7 Å². The first-order valence-corrected chi connectivity index (χ1v) is 6.80. The van der Waals surface area contributed by atoms with Crippen molar-refractivity contribution in [3.8, 4) is 0 Å². The van der Waals surface area contributed by atoms with E-state index in [1.165, 1.54) is 6.42 Å². The summed E-state index contributed by atoms with van der Waals surface area (Å²) in [7, 11) is 0. The van der Waals surface area contributed by atoms with Gasteiger partial charge in [-0.3, -0.25) is 0 Å². The van der Waals surface area contributed by atoms with Gasteiger partial charge in [0.2, 0.25) is 0 Å². The van der Waals surface area contributed by atoms with E-state index in [4.69, 9.17) is 14.3 Å². The van der Waals surface area contributed by atoms with Crippen LogP contribution in [0.1, 0.15) is 39.0 Å². The molecule has 3 nitrogen and oxygen atoms in total. The highest BCUT2D eigenvalue weighted by atomic mass is 32.5. The van der Waals surface area contributed by atoms with Crippen molar-refractivity contribution in [1.82, 2.24) is 0 Å². The maximum atomic E-state index is 8.99. The Morgan fingerprint density at radius 2 is 1.75 bits per heavy atom. The molecule has 0 amide bonds. The van der Waals surface area contributed by atoms with E-state index in [0.717, 1.165) is 25.7 Å². The molecular weight excluding hydrogens is 195 g/mol. The second kappa shape index (κ2) is 3.72. The Morgan fingerprint density at radius 1 is 1.25 bits per heavy atom. The standard InChI is InChI=1S/C7H15O3PS/c1-7(10-11(8,9)12)5-3-2-4-6-7/h2-6H2,1H3,(H2,8,9,12). The lowest BCUT2D eigenvalue weighted by Crippen LogP contribution is -2.29. The fourth-order valence-electron chi connectivity index (χ4n) is 1.68. The Bertz CT molecular complexity index is 195. The maximum Gasteiger partial charge on any atom is 0.322 e. The molecule has 0 saturated heterocycles. The Kier molecular flexibility index (Phi) is 3.29. The van der Waals surface area contributed by atoms with Crippen molar-refractivity contribution in [3.63, 3.8) is 0 Å². The van der Waals surface area contributed by atoms with E-state index >= 15 is 0 Å². The third-order valence-electron chi connectivity index (χ3n) is 2.25. The van der Waals surface area contributed by atoms with Crippen LogP contribution < -0.4 is 0 Å². The van der Waals surface area contributed by atoms with E-state index in [9.17, 15) is 0 Å². The summed E-state index contributed by atoms with van der Waals surface area (Å²) in [6, 6.07) is 0. The molecule has 1 rings (SSSR count). The number of rotatable bonds is 2. The number of hydrogen-bond acceptors (Lipinski definition) is 2. The minimum Gasteiger partial charge on any atom is -0.325 e. The molecule has 0 spiro atoms. The fraction of sp³-hybridized carbons (Fsp3) is 1.00. The molecule has 1 saturated carbocycles. The summed E-state index contributed by atoms with van der Waals surface area (Å²) in [5.74, 6) is 0. The van der Waals surface area contributed by atoms with Crippen LogP contribution in [0.4, 0.5) is 0 Å². The van der Waals surface area contributed by atoms with Crippen LogP contribution >= 0.6 is 6.72 Å². The van der Waals surface area contributed by atoms with Gasteiger partial charge in [-0.25, -0.2) is 0 Å². The van der Waals surface area contributed by atoms with E-state index in [1.807, 2.05) is 6.92 Å². The van der Waals surface area contributed by atoms with Crippen LogP contribution in [0.3, 0.4) is 0 Å². The highest BCUT2D eigenvalue weighted by molar-refractivity contribution is 8.06. The monoisotopic (exact) mass is 210 g/mol. The zero-order valence-electron chi connectivity index (χ0n) is 7.19. The van der Waals surface area contributed by atoms with Crippen molar-refractivity contribution in [3.05, 3.63) is 0 Å². The van der Waals surface area contributed by atoms with E-state index in [-0.39, 0.29) is 0 Å². The maximum absolute atomic E-state index is 8.99. The van der Waals surface area contributed by atoms with Crippen molar-refractivity contribution in [2.24, 2.45) is 0 Å². The Balaban J connectivity index is 2.53. The van der Waals surface area contributed by atoms with Crippen molar-refractivity contribution >= 4 is 18.5 Å². The highest BCUT2D eigenvalue weighted by Gasteiger charge is 2.32. The lowest BCUT2D eigenvalue weighted by molar-refractivity contribution is 0.0351. The van der Waals surface area contributed by atoms with Crippen molar-refractivity contribution in [2.75, 3.05) is 0 Å². The summed E-state index contributed by atoms with van der Waals surface area (Å²) in [4.78, 5) is 18.0. The molecule has 1 aliphatic rings. The van der Waals surface area contributed by atoms with Gasteiger partial charge < -0.3 is 14.3 Å². The van der Waals surface area contributed by atoms with Crippen LogP contribution in [-0.2, 0) is 16.3 Å². The zero-order valence-corrected chi connectivity index (χ0v) is 8.90. The van der Waals surface area contributed by atoms with Crippen LogP contribution in [0.2, 0.25) is 0 Å². The van der Waals surface area contributed by atoms with Crippen molar-refractivity contribution in [2.45, 2.75) is 44.6 Å². The van der Waals surface area contributed by atoms with Gasteiger partial charge in [0.05, 0.1) is 5.60 Å². The first kappa shape index (κ1) is 10.6. The Labute approximate surface area is 78.0 Å². The molecule has 0 radical (unpaired) electrons. The first-order valence-electron chi connectivity index (χ1n) is 4.18. The molecular formula is C7H15O3PS. The second-order valence-corrected chi connectivity index (χ2v) is 6.18. The van der Waals surface area contributed by atoms with Crippen LogP contribution in [0.5, 0.6) is 0 Å². The molecule has 72 valence electrons. The number of hydrogen-bond donors (Lipinski definition) is 2. The normalized spacial score (nSPS) is 23.9. The highest BCUT2D eigenvalue weighted by Crippen LogP contribution is 2.46. The molecule has 1 aliphatic carbocycles. The summed E-state index contributed by atoms with van der Waals surface area (Å²) in [6.07, 6.45) is 5.15. The molecule has 0 bridgehead atoms. The third kappa shape index (κ3) is 3.50.